The minimum Gasteiger partial charge on any atom is -0.481 e. The minimum atomic E-state index is -0.937. The predicted octanol–water partition coefficient (Wildman–Crippen LogP) is 0.838. The van der Waals surface area contributed by atoms with Crippen molar-refractivity contribution < 1.29 is 19.4 Å². The Bertz CT molecular complexity index is 341. The highest BCUT2D eigenvalue weighted by Crippen LogP contribution is 2.08. The van der Waals surface area contributed by atoms with Gasteiger partial charge >= 0.3 is 12.0 Å². The lowest BCUT2D eigenvalue weighted by Gasteiger charge is -2.27. The average Bonchev–Trinajstić information content (AvgIpc) is 2.33. The van der Waals surface area contributed by atoms with Crippen LogP contribution in [0.5, 0.6) is 0 Å². The third-order valence-corrected chi connectivity index (χ3v) is 2.84. The molecule has 0 aliphatic carbocycles. The Morgan fingerprint density at radius 3 is 2.89 bits per heavy atom. The zero-order valence-corrected chi connectivity index (χ0v) is 10.8. The van der Waals surface area contributed by atoms with Crippen LogP contribution in [0.15, 0.2) is 11.6 Å². The SMILES string of the molecule is COC(CNC(=O)N1CCC=C(C)C1)CC(=O)O. The van der Waals surface area contributed by atoms with E-state index in [0.717, 1.165) is 6.42 Å². The molecule has 0 aromatic heterocycles. The summed E-state index contributed by atoms with van der Waals surface area (Å²) in [5.41, 5.74) is 1.17. The van der Waals surface area contributed by atoms with Crippen LogP contribution in [0.2, 0.25) is 0 Å². The number of aliphatic carboxylic acids is 1. The number of methoxy groups -OCH3 is 1. The maximum absolute atomic E-state index is 11.8. The maximum Gasteiger partial charge on any atom is 0.317 e. The number of rotatable bonds is 5. The molecule has 0 saturated heterocycles. The van der Waals surface area contributed by atoms with Crippen molar-refractivity contribution in [3.05, 3.63) is 11.6 Å². The van der Waals surface area contributed by atoms with Crippen LogP contribution in [-0.2, 0) is 9.53 Å². The van der Waals surface area contributed by atoms with Crippen molar-refractivity contribution in [3.8, 4) is 0 Å². The second-order valence-electron chi connectivity index (χ2n) is 4.40. The molecule has 0 bridgehead atoms. The van der Waals surface area contributed by atoms with Crippen molar-refractivity contribution in [2.24, 2.45) is 0 Å². The first-order valence-electron chi connectivity index (χ1n) is 5.96. The molecular weight excluding hydrogens is 236 g/mol. The Morgan fingerprint density at radius 1 is 1.61 bits per heavy atom. The van der Waals surface area contributed by atoms with E-state index < -0.39 is 12.1 Å². The van der Waals surface area contributed by atoms with Crippen LogP contribution in [-0.4, -0.2) is 54.9 Å². The van der Waals surface area contributed by atoms with Gasteiger partial charge in [-0.1, -0.05) is 11.6 Å². The molecule has 1 heterocycles. The number of hydrogen-bond acceptors (Lipinski definition) is 3. The van der Waals surface area contributed by atoms with Crippen LogP contribution in [0.1, 0.15) is 19.8 Å². The number of nitrogens with one attached hydrogen (secondary N) is 1. The maximum atomic E-state index is 11.8. The van der Waals surface area contributed by atoms with Gasteiger partial charge in [0.2, 0.25) is 0 Å². The summed E-state index contributed by atoms with van der Waals surface area (Å²) < 4.78 is 4.99. The molecule has 0 saturated carbocycles. The van der Waals surface area contributed by atoms with Crippen LogP contribution in [0.4, 0.5) is 4.79 Å². The lowest BCUT2D eigenvalue weighted by atomic mass is 10.1. The summed E-state index contributed by atoms with van der Waals surface area (Å²) in [6.07, 6.45) is 2.37. The number of ether oxygens (including phenoxy) is 1. The molecule has 0 radical (unpaired) electrons. The molecule has 6 nitrogen and oxygen atoms in total. The normalized spacial score (nSPS) is 17.0. The molecule has 102 valence electrons. The zero-order chi connectivity index (χ0) is 13.5. The van der Waals surface area contributed by atoms with Gasteiger partial charge < -0.3 is 20.1 Å². The number of carbonyl (C=O) groups is 2. The topological polar surface area (TPSA) is 78.9 Å². The Kier molecular flexibility index (Phi) is 5.64. The Hall–Kier alpha value is -1.56. The van der Waals surface area contributed by atoms with Crippen molar-refractivity contribution in [2.75, 3.05) is 26.7 Å². The summed E-state index contributed by atoms with van der Waals surface area (Å²) in [6.45, 7) is 3.52. The fourth-order valence-electron chi connectivity index (χ4n) is 1.83. The van der Waals surface area contributed by atoms with Crippen molar-refractivity contribution in [2.45, 2.75) is 25.9 Å². The molecule has 6 heteroatoms. The van der Waals surface area contributed by atoms with E-state index >= 15 is 0 Å². The molecule has 0 fully saturated rings. The zero-order valence-electron chi connectivity index (χ0n) is 10.8. The van der Waals surface area contributed by atoms with Crippen molar-refractivity contribution in [1.29, 1.82) is 0 Å². The monoisotopic (exact) mass is 256 g/mol. The van der Waals surface area contributed by atoms with Gasteiger partial charge in [0.1, 0.15) is 0 Å². The van der Waals surface area contributed by atoms with Gasteiger partial charge in [0.05, 0.1) is 12.5 Å². The summed E-state index contributed by atoms with van der Waals surface area (Å²) in [5.74, 6) is -0.937. The number of hydrogen-bond donors (Lipinski definition) is 2. The summed E-state index contributed by atoms with van der Waals surface area (Å²) in [6, 6.07) is -0.171. The fourth-order valence-corrected chi connectivity index (χ4v) is 1.83. The first-order valence-corrected chi connectivity index (χ1v) is 5.96. The smallest absolute Gasteiger partial charge is 0.317 e. The van der Waals surface area contributed by atoms with Crippen molar-refractivity contribution >= 4 is 12.0 Å². The standard InChI is InChI=1S/C12H20N2O4/c1-9-4-3-5-14(8-9)12(17)13-7-10(18-2)6-11(15)16/h4,10H,3,5-8H2,1-2H3,(H,13,17)(H,15,16). The van der Waals surface area contributed by atoms with Crippen LogP contribution in [0.3, 0.4) is 0 Å². The molecule has 1 atom stereocenters. The van der Waals surface area contributed by atoms with E-state index in [-0.39, 0.29) is 19.0 Å². The second kappa shape index (κ2) is 7.00. The summed E-state index contributed by atoms with van der Waals surface area (Å²) >= 11 is 0. The fraction of sp³-hybridized carbons (Fsp3) is 0.667. The molecule has 0 spiro atoms. The van der Waals surface area contributed by atoms with Gasteiger partial charge in [-0.3, -0.25) is 4.79 Å². The van der Waals surface area contributed by atoms with Gasteiger partial charge in [-0.2, -0.15) is 0 Å². The van der Waals surface area contributed by atoms with Crippen molar-refractivity contribution in [3.63, 3.8) is 0 Å². The first-order chi connectivity index (χ1) is 8.52. The van der Waals surface area contributed by atoms with Crippen LogP contribution in [0.25, 0.3) is 0 Å². The highest BCUT2D eigenvalue weighted by molar-refractivity contribution is 5.75. The second-order valence-corrected chi connectivity index (χ2v) is 4.40. The van der Waals surface area contributed by atoms with E-state index in [4.69, 9.17) is 9.84 Å². The Morgan fingerprint density at radius 2 is 2.33 bits per heavy atom. The molecule has 0 aromatic rings. The number of carboxylic acids is 1. The van der Waals surface area contributed by atoms with E-state index in [1.54, 1.807) is 4.90 Å². The predicted molar refractivity (Wildman–Crippen MR) is 66.4 cm³/mol. The molecule has 1 aliphatic heterocycles. The minimum absolute atomic E-state index is 0.115. The van der Waals surface area contributed by atoms with Gasteiger partial charge in [-0.05, 0) is 13.3 Å². The van der Waals surface area contributed by atoms with E-state index in [0.29, 0.717) is 13.1 Å². The molecular formula is C12H20N2O4. The number of carbonyl (C=O) groups excluding carboxylic acids is 1. The van der Waals surface area contributed by atoms with Gasteiger partial charge in [0.15, 0.2) is 0 Å². The quantitative estimate of drug-likeness (QED) is 0.714. The highest BCUT2D eigenvalue weighted by atomic mass is 16.5. The number of nitrogens with zero attached hydrogens (tertiary/aromatic N) is 1. The molecule has 0 aromatic carbocycles. The van der Waals surface area contributed by atoms with E-state index in [1.165, 1.54) is 12.7 Å². The molecule has 2 amide bonds. The first kappa shape index (κ1) is 14.5. The molecule has 1 aliphatic rings. The van der Waals surface area contributed by atoms with Crippen LogP contribution < -0.4 is 5.32 Å². The van der Waals surface area contributed by atoms with E-state index in [9.17, 15) is 9.59 Å². The van der Waals surface area contributed by atoms with E-state index in [2.05, 4.69) is 11.4 Å². The van der Waals surface area contributed by atoms with Gasteiger partial charge in [-0.25, -0.2) is 4.79 Å². The average molecular weight is 256 g/mol. The highest BCUT2D eigenvalue weighted by Gasteiger charge is 2.18. The Balaban J connectivity index is 2.35. The molecule has 18 heavy (non-hydrogen) atoms. The van der Waals surface area contributed by atoms with Crippen LogP contribution in [0, 0.1) is 0 Å². The Labute approximate surface area is 107 Å². The van der Waals surface area contributed by atoms with Crippen LogP contribution >= 0.6 is 0 Å². The summed E-state index contributed by atoms with van der Waals surface area (Å²) in [7, 11) is 1.44. The third-order valence-electron chi connectivity index (χ3n) is 2.84. The molecule has 1 rings (SSSR count). The number of carboxylic acid groups (broad SMARTS) is 1. The van der Waals surface area contributed by atoms with Gasteiger partial charge in [0.25, 0.3) is 0 Å². The third kappa shape index (κ3) is 4.75. The largest absolute Gasteiger partial charge is 0.481 e. The van der Waals surface area contributed by atoms with Gasteiger partial charge in [0, 0.05) is 26.7 Å². The number of urea groups is 1. The number of amides is 2. The molecule has 2 N–H and O–H groups in total. The molecule has 1 unspecified atom stereocenters. The lowest BCUT2D eigenvalue weighted by molar-refractivity contribution is -0.139. The lowest BCUT2D eigenvalue weighted by Crippen LogP contribution is -2.45. The summed E-state index contributed by atoms with van der Waals surface area (Å²) in [5, 5.41) is 11.4. The van der Waals surface area contributed by atoms with E-state index in [1.807, 2.05) is 6.92 Å². The van der Waals surface area contributed by atoms with Gasteiger partial charge in [-0.15, -0.1) is 0 Å². The summed E-state index contributed by atoms with van der Waals surface area (Å²) in [4.78, 5) is 24.1. The van der Waals surface area contributed by atoms with Crippen molar-refractivity contribution in [1.82, 2.24) is 10.2 Å².